The van der Waals surface area contributed by atoms with Crippen LogP contribution in [0.1, 0.15) is 40.7 Å². The first-order chi connectivity index (χ1) is 16.7. The minimum atomic E-state index is -4.13. The number of halogens is 1. The summed E-state index contributed by atoms with van der Waals surface area (Å²) in [6, 6.07) is 9.83. The number of nitriles is 1. The van der Waals surface area contributed by atoms with Crippen molar-refractivity contribution in [3.8, 4) is 11.8 Å². The molecule has 2 heterocycles. The van der Waals surface area contributed by atoms with E-state index in [0.29, 0.717) is 24.2 Å². The number of rotatable bonds is 2. The second-order valence-corrected chi connectivity index (χ2v) is 10.8. The maximum atomic E-state index is 13.7. The molecule has 2 aromatic rings. The molecular formula is C24H25ClN4O5S. The Bertz CT molecular complexity index is 1310. The largest absolute Gasteiger partial charge is 0.491 e. The number of sulfonamides is 1. The highest BCUT2D eigenvalue weighted by Gasteiger charge is 2.43. The van der Waals surface area contributed by atoms with Crippen molar-refractivity contribution in [2.24, 2.45) is 0 Å². The zero-order valence-electron chi connectivity index (χ0n) is 19.1. The van der Waals surface area contributed by atoms with E-state index >= 15 is 0 Å². The molecule has 11 heteroatoms. The lowest BCUT2D eigenvalue weighted by Gasteiger charge is -2.30. The Morgan fingerprint density at radius 2 is 1.89 bits per heavy atom. The summed E-state index contributed by atoms with van der Waals surface area (Å²) in [7, 11) is -4.13. The molecule has 2 aliphatic heterocycles. The SMILES string of the molecule is Cc1ccc2cc1OCCNC(=O)C[C@@H]1CC[C@H](CNC2=O)N1S(=O)(=O)c1ccc(C#N)cc1Cl. The predicted octanol–water partition coefficient (Wildman–Crippen LogP) is 2.37. The van der Waals surface area contributed by atoms with Crippen LogP contribution in [0.3, 0.4) is 0 Å². The molecule has 2 aromatic carbocycles. The summed E-state index contributed by atoms with van der Waals surface area (Å²) in [5.74, 6) is -0.103. The van der Waals surface area contributed by atoms with Crippen LogP contribution in [0.25, 0.3) is 0 Å². The standard InChI is InChI=1S/C24H25ClN4O5S/c1-15-2-4-17-11-21(15)34-9-8-27-23(30)12-18-5-6-19(14-28-24(17)31)29(18)35(32,33)22-7-3-16(13-26)10-20(22)25/h2-4,7,10-11,18-19H,5-6,8-9,12,14H2,1H3,(H,27,30)(H,28,31)/t18-,19+/m0/s1. The molecule has 0 aromatic heterocycles. The van der Waals surface area contributed by atoms with Crippen LogP contribution in [0, 0.1) is 18.3 Å². The Balaban J connectivity index is 1.68. The van der Waals surface area contributed by atoms with Gasteiger partial charge >= 0.3 is 0 Å². The first-order valence-electron chi connectivity index (χ1n) is 11.2. The molecule has 2 N–H and O–H groups in total. The van der Waals surface area contributed by atoms with Gasteiger partial charge in [0, 0.05) is 30.6 Å². The van der Waals surface area contributed by atoms with E-state index in [9.17, 15) is 18.0 Å². The molecule has 2 atom stereocenters. The lowest BCUT2D eigenvalue weighted by Crippen LogP contribution is -2.47. The van der Waals surface area contributed by atoms with Crippen LogP contribution in [0.2, 0.25) is 5.02 Å². The van der Waals surface area contributed by atoms with Crippen molar-refractivity contribution in [2.45, 2.75) is 43.2 Å². The van der Waals surface area contributed by atoms with Crippen molar-refractivity contribution in [1.82, 2.24) is 14.9 Å². The van der Waals surface area contributed by atoms with Crippen molar-refractivity contribution >= 4 is 33.4 Å². The van der Waals surface area contributed by atoms with Crippen LogP contribution >= 0.6 is 11.6 Å². The number of benzene rings is 2. The van der Waals surface area contributed by atoms with Gasteiger partial charge in [-0.3, -0.25) is 9.59 Å². The third-order valence-electron chi connectivity index (χ3n) is 6.22. The van der Waals surface area contributed by atoms with E-state index in [0.717, 1.165) is 5.56 Å². The molecule has 184 valence electrons. The van der Waals surface area contributed by atoms with Crippen LogP contribution in [0.15, 0.2) is 41.3 Å². The number of carbonyl (C=O) groups is 2. The van der Waals surface area contributed by atoms with Gasteiger partial charge in [-0.05, 0) is 55.7 Å². The van der Waals surface area contributed by atoms with Crippen LogP contribution in [0.5, 0.6) is 5.75 Å². The van der Waals surface area contributed by atoms with E-state index < -0.39 is 22.1 Å². The maximum absolute atomic E-state index is 13.7. The van der Waals surface area contributed by atoms with Gasteiger partial charge in [0.2, 0.25) is 15.9 Å². The number of amides is 2. The average molecular weight is 517 g/mol. The average Bonchev–Trinajstić information content (AvgIpc) is 3.23. The normalized spacial score (nSPS) is 21.6. The van der Waals surface area contributed by atoms with E-state index in [-0.39, 0.29) is 53.4 Å². The van der Waals surface area contributed by atoms with Gasteiger partial charge in [0.05, 0.1) is 23.2 Å². The van der Waals surface area contributed by atoms with Gasteiger partial charge in [0.15, 0.2) is 0 Å². The van der Waals surface area contributed by atoms with Crippen molar-refractivity contribution in [3.05, 3.63) is 58.1 Å². The van der Waals surface area contributed by atoms with Crippen molar-refractivity contribution in [2.75, 3.05) is 19.7 Å². The van der Waals surface area contributed by atoms with Gasteiger partial charge in [-0.15, -0.1) is 0 Å². The zero-order valence-corrected chi connectivity index (χ0v) is 20.7. The highest BCUT2D eigenvalue weighted by molar-refractivity contribution is 7.89. The second kappa shape index (κ2) is 10.2. The number of hydrogen-bond acceptors (Lipinski definition) is 6. The van der Waals surface area contributed by atoms with Gasteiger partial charge in [0.25, 0.3) is 5.91 Å². The number of hydrogen-bond donors (Lipinski definition) is 2. The summed E-state index contributed by atoms with van der Waals surface area (Å²) in [6.45, 7) is 2.36. The molecule has 1 fully saturated rings. The molecule has 4 rings (SSSR count). The topological polar surface area (TPSA) is 129 Å². The molecule has 0 radical (unpaired) electrons. The van der Waals surface area contributed by atoms with Gasteiger partial charge in [0.1, 0.15) is 17.3 Å². The number of nitrogens with one attached hydrogen (secondary N) is 2. The summed E-state index contributed by atoms with van der Waals surface area (Å²) >= 11 is 6.25. The molecule has 0 saturated carbocycles. The van der Waals surface area contributed by atoms with Crippen molar-refractivity contribution in [1.29, 1.82) is 5.26 Å². The third-order valence-corrected chi connectivity index (χ3v) is 8.71. The van der Waals surface area contributed by atoms with Crippen LogP contribution in [-0.2, 0) is 14.8 Å². The van der Waals surface area contributed by atoms with Crippen molar-refractivity contribution < 1.29 is 22.7 Å². The highest BCUT2D eigenvalue weighted by Crippen LogP contribution is 2.35. The lowest BCUT2D eigenvalue weighted by molar-refractivity contribution is -0.121. The Kier molecular flexibility index (Phi) is 7.31. The molecule has 1 saturated heterocycles. The first-order valence-corrected chi connectivity index (χ1v) is 13.0. The molecule has 0 aliphatic carbocycles. The second-order valence-electron chi connectivity index (χ2n) is 8.57. The van der Waals surface area contributed by atoms with E-state index in [4.69, 9.17) is 21.6 Å². The third kappa shape index (κ3) is 5.27. The maximum Gasteiger partial charge on any atom is 0.251 e. The molecule has 4 bridgehead atoms. The van der Waals surface area contributed by atoms with E-state index in [1.54, 1.807) is 18.2 Å². The summed E-state index contributed by atoms with van der Waals surface area (Å²) in [5.41, 5.74) is 1.48. The zero-order chi connectivity index (χ0) is 25.2. The fourth-order valence-corrected chi connectivity index (χ4v) is 6.84. The first kappa shape index (κ1) is 25.0. The Morgan fingerprint density at radius 3 is 2.63 bits per heavy atom. The number of ether oxygens (including phenoxy) is 1. The van der Waals surface area contributed by atoms with Crippen LogP contribution < -0.4 is 15.4 Å². The summed E-state index contributed by atoms with van der Waals surface area (Å²) in [4.78, 5) is 25.4. The predicted molar refractivity (Wildman–Crippen MR) is 129 cm³/mol. The molecule has 35 heavy (non-hydrogen) atoms. The lowest BCUT2D eigenvalue weighted by atomic mass is 10.1. The van der Waals surface area contributed by atoms with Gasteiger partial charge in [-0.1, -0.05) is 17.7 Å². The van der Waals surface area contributed by atoms with Gasteiger partial charge in [-0.2, -0.15) is 9.57 Å². The molecule has 9 nitrogen and oxygen atoms in total. The minimum Gasteiger partial charge on any atom is -0.491 e. The fourth-order valence-electron chi connectivity index (χ4n) is 4.45. The molecular weight excluding hydrogens is 492 g/mol. The minimum absolute atomic E-state index is 0.0373. The highest BCUT2D eigenvalue weighted by atomic mass is 35.5. The molecule has 0 unspecified atom stereocenters. The van der Waals surface area contributed by atoms with Crippen LogP contribution in [-0.4, -0.2) is 56.3 Å². The summed E-state index contributed by atoms with van der Waals surface area (Å²) < 4.78 is 34.5. The van der Waals surface area contributed by atoms with Gasteiger partial charge < -0.3 is 15.4 Å². The number of fused-ring (bicyclic) bond motifs is 4. The van der Waals surface area contributed by atoms with E-state index in [2.05, 4.69) is 10.6 Å². The fraction of sp³-hybridized carbons (Fsp3) is 0.375. The number of aryl methyl sites for hydroxylation is 1. The quantitative estimate of drug-likeness (QED) is 0.630. The number of carbonyl (C=O) groups excluding carboxylic acids is 2. The Hall–Kier alpha value is -3.13. The summed E-state index contributed by atoms with van der Waals surface area (Å²) in [6.07, 6.45) is 0.879. The molecule has 0 spiro atoms. The van der Waals surface area contributed by atoms with E-state index in [1.807, 2.05) is 13.0 Å². The van der Waals surface area contributed by atoms with Gasteiger partial charge in [-0.25, -0.2) is 8.42 Å². The Labute approximate surface area is 209 Å². The number of nitrogens with zero attached hydrogens (tertiary/aromatic N) is 2. The summed E-state index contributed by atoms with van der Waals surface area (Å²) in [5, 5.41) is 14.6. The smallest absolute Gasteiger partial charge is 0.251 e. The van der Waals surface area contributed by atoms with Crippen molar-refractivity contribution in [3.63, 3.8) is 0 Å². The monoisotopic (exact) mass is 516 g/mol. The van der Waals surface area contributed by atoms with Crippen LogP contribution in [0.4, 0.5) is 0 Å². The molecule has 2 aliphatic rings. The molecule has 2 amide bonds. The van der Waals surface area contributed by atoms with E-state index in [1.165, 1.54) is 22.5 Å². The Morgan fingerprint density at radius 1 is 1.11 bits per heavy atom.